The number of halogens is 1. The summed E-state index contributed by atoms with van der Waals surface area (Å²) < 4.78 is 10.9. The fraction of sp³-hybridized carbons (Fsp3) is 0.316. The lowest BCUT2D eigenvalue weighted by Crippen LogP contribution is -2.20. The predicted octanol–water partition coefficient (Wildman–Crippen LogP) is 4.16. The van der Waals surface area contributed by atoms with Gasteiger partial charge in [0.25, 0.3) is 5.91 Å². The highest BCUT2D eigenvalue weighted by Crippen LogP contribution is 2.31. The fourth-order valence-electron chi connectivity index (χ4n) is 2.90. The monoisotopic (exact) mass is 345 g/mol. The van der Waals surface area contributed by atoms with Gasteiger partial charge in [0.1, 0.15) is 11.5 Å². The lowest BCUT2D eigenvalue weighted by molar-refractivity contribution is -0.118. The Bertz CT molecular complexity index is 773. The molecular formula is C19H20ClNO3. The quantitative estimate of drug-likeness (QED) is 0.885. The topological polar surface area (TPSA) is 47.6 Å². The molecule has 0 unspecified atom stereocenters. The van der Waals surface area contributed by atoms with Crippen molar-refractivity contribution in [2.24, 2.45) is 0 Å². The van der Waals surface area contributed by atoms with Crippen molar-refractivity contribution in [2.45, 2.75) is 26.2 Å². The van der Waals surface area contributed by atoms with Gasteiger partial charge >= 0.3 is 0 Å². The third-order valence-corrected chi connectivity index (χ3v) is 4.60. The molecule has 1 amide bonds. The van der Waals surface area contributed by atoms with E-state index in [-0.39, 0.29) is 12.5 Å². The van der Waals surface area contributed by atoms with Crippen LogP contribution in [0.25, 0.3) is 0 Å². The number of carbonyl (C=O) groups is 1. The summed E-state index contributed by atoms with van der Waals surface area (Å²) in [7, 11) is 1.54. The average Bonchev–Trinajstić information content (AvgIpc) is 3.03. The second-order valence-corrected chi connectivity index (χ2v) is 6.33. The normalized spacial score (nSPS) is 12.6. The van der Waals surface area contributed by atoms with Crippen molar-refractivity contribution in [1.29, 1.82) is 0 Å². The molecule has 0 saturated carbocycles. The average molecular weight is 346 g/mol. The van der Waals surface area contributed by atoms with E-state index in [1.54, 1.807) is 12.1 Å². The SMILES string of the molecule is COc1cc(Cl)c(C)cc1NC(=O)COc1ccc2c(c1)CCC2. The van der Waals surface area contributed by atoms with Crippen molar-refractivity contribution >= 4 is 23.2 Å². The van der Waals surface area contributed by atoms with Crippen LogP contribution in [0.5, 0.6) is 11.5 Å². The maximum Gasteiger partial charge on any atom is 0.262 e. The first-order valence-corrected chi connectivity index (χ1v) is 8.33. The van der Waals surface area contributed by atoms with Crippen LogP contribution in [-0.2, 0) is 17.6 Å². The van der Waals surface area contributed by atoms with Crippen LogP contribution in [0, 0.1) is 6.92 Å². The molecular weight excluding hydrogens is 326 g/mol. The molecule has 2 aromatic rings. The zero-order valence-electron chi connectivity index (χ0n) is 13.8. The number of fused-ring (bicyclic) bond motifs is 1. The molecule has 3 rings (SSSR count). The minimum Gasteiger partial charge on any atom is -0.495 e. The number of hydrogen-bond acceptors (Lipinski definition) is 3. The number of carbonyl (C=O) groups excluding carboxylic acids is 1. The van der Waals surface area contributed by atoms with Gasteiger partial charge in [-0.2, -0.15) is 0 Å². The van der Waals surface area contributed by atoms with Gasteiger partial charge in [-0.1, -0.05) is 17.7 Å². The molecule has 1 aliphatic carbocycles. The Hall–Kier alpha value is -2.20. The first-order chi connectivity index (χ1) is 11.6. The zero-order valence-corrected chi connectivity index (χ0v) is 14.6. The van der Waals surface area contributed by atoms with Crippen molar-refractivity contribution in [3.8, 4) is 11.5 Å². The molecule has 0 aromatic heterocycles. The van der Waals surface area contributed by atoms with Crippen LogP contribution in [0.2, 0.25) is 5.02 Å². The van der Waals surface area contributed by atoms with Crippen LogP contribution in [0.3, 0.4) is 0 Å². The van der Waals surface area contributed by atoms with Crippen LogP contribution in [0.1, 0.15) is 23.1 Å². The molecule has 0 saturated heterocycles. The Morgan fingerprint density at radius 3 is 2.79 bits per heavy atom. The summed E-state index contributed by atoms with van der Waals surface area (Å²) in [6.45, 7) is 1.82. The minimum absolute atomic E-state index is 0.0520. The number of nitrogens with one attached hydrogen (secondary N) is 1. The van der Waals surface area contributed by atoms with Crippen molar-refractivity contribution in [3.63, 3.8) is 0 Å². The number of ether oxygens (including phenoxy) is 2. The largest absolute Gasteiger partial charge is 0.495 e. The minimum atomic E-state index is -0.240. The molecule has 4 nitrogen and oxygen atoms in total. The maximum absolute atomic E-state index is 12.2. The van der Waals surface area contributed by atoms with Gasteiger partial charge in [0.05, 0.1) is 12.8 Å². The Balaban J connectivity index is 1.63. The van der Waals surface area contributed by atoms with E-state index in [9.17, 15) is 4.79 Å². The smallest absolute Gasteiger partial charge is 0.262 e. The number of aryl methyl sites for hydroxylation is 3. The molecule has 1 N–H and O–H groups in total. The standard InChI is InChI=1S/C19H20ClNO3/c1-12-8-17(18(23-2)10-16(12)20)21-19(22)11-24-15-7-6-13-4-3-5-14(13)9-15/h6-10H,3-5,11H2,1-2H3,(H,21,22). The highest BCUT2D eigenvalue weighted by molar-refractivity contribution is 6.31. The van der Waals surface area contributed by atoms with Gasteiger partial charge in [-0.15, -0.1) is 0 Å². The van der Waals surface area contributed by atoms with Gasteiger partial charge in [-0.05, 0) is 61.1 Å². The van der Waals surface area contributed by atoms with Gasteiger partial charge < -0.3 is 14.8 Å². The summed E-state index contributed by atoms with van der Waals surface area (Å²) in [5, 5.41) is 3.40. The van der Waals surface area contributed by atoms with Crippen LogP contribution >= 0.6 is 11.6 Å². The first-order valence-electron chi connectivity index (χ1n) is 7.95. The van der Waals surface area contributed by atoms with E-state index in [1.165, 1.54) is 24.7 Å². The van der Waals surface area contributed by atoms with E-state index in [1.807, 2.05) is 19.1 Å². The van der Waals surface area contributed by atoms with E-state index in [0.717, 1.165) is 24.2 Å². The summed E-state index contributed by atoms with van der Waals surface area (Å²) in [5.41, 5.74) is 4.16. The van der Waals surface area contributed by atoms with Gasteiger partial charge in [0, 0.05) is 11.1 Å². The Kier molecular flexibility index (Phi) is 4.95. The third kappa shape index (κ3) is 3.65. The summed E-state index contributed by atoms with van der Waals surface area (Å²) in [5.74, 6) is 1.01. The third-order valence-electron chi connectivity index (χ3n) is 4.19. The molecule has 24 heavy (non-hydrogen) atoms. The number of amides is 1. The molecule has 5 heteroatoms. The van der Waals surface area contributed by atoms with Gasteiger partial charge in [0.15, 0.2) is 6.61 Å². The lowest BCUT2D eigenvalue weighted by atomic mass is 10.1. The van der Waals surface area contributed by atoms with E-state index in [0.29, 0.717) is 16.5 Å². The summed E-state index contributed by atoms with van der Waals surface area (Å²) in [6.07, 6.45) is 3.40. The zero-order chi connectivity index (χ0) is 17.1. The number of benzene rings is 2. The van der Waals surface area contributed by atoms with Gasteiger partial charge in [-0.25, -0.2) is 0 Å². The van der Waals surface area contributed by atoms with Gasteiger partial charge in [-0.3, -0.25) is 4.79 Å². The van der Waals surface area contributed by atoms with Crippen LogP contribution in [0.4, 0.5) is 5.69 Å². The van der Waals surface area contributed by atoms with Gasteiger partial charge in [0.2, 0.25) is 0 Å². The highest BCUT2D eigenvalue weighted by atomic mass is 35.5. The molecule has 0 atom stereocenters. The Morgan fingerprint density at radius 2 is 2.00 bits per heavy atom. The first kappa shape index (κ1) is 16.7. The molecule has 1 aliphatic rings. The molecule has 0 aliphatic heterocycles. The van der Waals surface area contributed by atoms with Crippen LogP contribution in [0.15, 0.2) is 30.3 Å². The van der Waals surface area contributed by atoms with Crippen LogP contribution < -0.4 is 14.8 Å². The lowest BCUT2D eigenvalue weighted by Gasteiger charge is -2.13. The van der Waals surface area contributed by atoms with Crippen molar-refractivity contribution in [3.05, 3.63) is 52.0 Å². The summed E-state index contributed by atoms with van der Waals surface area (Å²) in [4.78, 5) is 12.2. The van der Waals surface area contributed by atoms with Crippen LogP contribution in [-0.4, -0.2) is 19.6 Å². The Morgan fingerprint density at radius 1 is 1.21 bits per heavy atom. The summed E-state index contributed by atoms with van der Waals surface area (Å²) >= 11 is 6.07. The molecule has 0 fully saturated rings. The fourth-order valence-corrected chi connectivity index (χ4v) is 3.06. The van der Waals surface area contributed by atoms with Crippen molar-refractivity contribution < 1.29 is 14.3 Å². The molecule has 0 radical (unpaired) electrons. The second kappa shape index (κ2) is 7.14. The number of rotatable bonds is 5. The maximum atomic E-state index is 12.2. The number of hydrogen-bond donors (Lipinski definition) is 1. The number of anilines is 1. The van der Waals surface area contributed by atoms with E-state index in [4.69, 9.17) is 21.1 Å². The highest BCUT2D eigenvalue weighted by Gasteiger charge is 2.13. The summed E-state index contributed by atoms with van der Waals surface area (Å²) in [6, 6.07) is 9.51. The van der Waals surface area contributed by atoms with E-state index >= 15 is 0 Å². The number of methoxy groups -OCH3 is 1. The molecule has 126 valence electrons. The van der Waals surface area contributed by atoms with E-state index in [2.05, 4.69) is 11.4 Å². The van der Waals surface area contributed by atoms with Crippen molar-refractivity contribution in [2.75, 3.05) is 19.0 Å². The molecule has 0 bridgehead atoms. The van der Waals surface area contributed by atoms with E-state index < -0.39 is 0 Å². The molecule has 0 heterocycles. The molecule has 2 aromatic carbocycles. The predicted molar refractivity (Wildman–Crippen MR) is 95.3 cm³/mol. The molecule has 0 spiro atoms. The van der Waals surface area contributed by atoms with Crippen molar-refractivity contribution in [1.82, 2.24) is 0 Å². The Labute approximate surface area is 146 Å². The second-order valence-electron chi connectivity index (χ2n) is 5.92.